The minimum Gasteiger partial charge on any atom is -0.477 e. The zero-order valence-electron chi connectivity index (χ0n) is 14.0. The molecule has 0 fully saturated rings. The summed E-state index contributed by atoms with van der Waals surface area (Å²) in [7, 11) is 0. The van der Waals surface area contributed by atoms with Crippen molar-refractivity contribution in [1.29, 1.82) is 0 Å². The number of anilines is 1. The molecule has 0 radical (unpaired) electrons. The lowest BCUT2D eigenvalue weighted by molar-refractivity contribution is 0.0695. The van der Waals surface area contributed by atoms with Crippen molar-refractivity contribution in [2.24, 2.45) is 0 Å². The predicted octanol–water partition coefficient (Wildman–Crippen LogP) is 4.62. The summed E-state index contributed by atoms with van der Waals surface area (Å²) in [6.45, 7) is -0.0411. The Hall–Kier alpha value is -2.55. The van der Waals surface area contributed by atoms with Crippen LogP contribution in [0.3, 0.4) is 0 Å². The quantitative estimate of drug-likeness (QED) is 0.433. The molecule has 1 heterocycles. The van der Waals surface area contributed by atoms with Crippen LogP contribution in [0, 0.1) is 0 Å². The highest BCUT2D eigenvalue weighted by Gasteiger charge is 2.17. The van der Waals surface area contributed by atoms with Gasteiger partial charge in [0.1, 0.15) is 5.56 Å². The van der Waals surface area contributed by atoms with E-state index in [9.17, 15) is 14.4 Å². The van der Waals surface area contributed by atoms with Gasteiger partial charge in [-0.2, -0.15) is 0 Å². The predicted molar refractivity (Wildman–Crippen MR) is 112 cm³/mol. The summed E-state index contributed by atoms with van der Waals surface area (Å²) in [5.41, 5.74) is 0.0523. The number of rotatable bonds is 4. The lowest BCUT2D eigenvalue weighted by Gasteiger charge is -2.13. The molecule has 144 valence electrons. The Balaban J connectivity index is 1.89. The van der Waals surface area contributed by atoms with Crippen molar-refractivity contribution >= 4 is 67.7 Å². The minimum absolute atomic E-state index is 0.0411. The molecule has 0 bridgehead atoms. The molecule has 0 aliphatic heterocycles. The van der Waals surface area contributed by atoms with Crippen LogP contribution in [0.4, 0.5) is 10.5 Å². The highest BCUT2D eigenvalue weighted by Crippen LogP contribution is 2.32. The van der Waals surface area contributed by atoms with Crippen LogP contribution in [0.1, 0.15) is 15.9 Å². The Kier molecular flexibility index (Phi) is 5.93. The number of aromatic carboxylic acids is 1. The average molecular weight is 485 g/mol. The number of aromatic nitrogens is 1. The second-order valence-corrected chi connectivity index (χ2v) is 7.45. The molecule has 2 amide bonds. The van der Waals surface area contributed by atoms with E-state index in [0.717, 1.165) is 4.47 Å². The number of carboxylic acids is 1. The first-order valence-electron chi connectivity index (χ1n) is 7.84. The molecule has 0 saturated carbocycles. The number of halogens is 3. The number of hydrogen-bond donors (Lipinski definition) is 4. The van der Waals surface area contributed by atoms with Crippen LogP contribution in [0.15, 0.2) is 45.7 Å². The maximum absolute atomic E-state index is 12.2. The van der Waals surface area contributed by atoms with Crippen LogP contribution in [-0.4, -0.2) is 22.1 Å². The van der Waals surface area contributed by atoms with Crippen LogP contribution in [0.5, 0.6) is 0 Å². The number of carbonyl (C=O) groups excluding carboxylic acids is 1. The van der Waals surface area contributed by atoms with E-state index in [0.29, 0.717) is 22.2 Å². The van der Waals surface area contributed by atoms with Crippen molar-refractivity contribution in [3.05, 3.63) is 72.4 Å². The molecule has 0 atom stereocenters. The van der Waals surface area contributed by atoms with Crippen molar-refractivity contribution in [2.75, 3.05) is 5.32 Å². The Morgan fingerprint density at radius 3 is 2.46 bits per heavy atom. The number of H-pyrrole nitrogens is 1. The second-order valence-electron chi connectivity index (χ2n) is 5.75. The molecule has 3 aromatic rings. The molecule has 1 aromatic heterocycles. The van der Waals surface area contributed by atoms with Crippen LogP contribution in [0.2, 0.25) is 10.0 Å². The molecule has 0 aliphatic carbocycles. The van der Waals surface area contributed by atoms with E-state index in [2.05, 4.69) is 31.5 Å². The van der Waals surface area contributed by atoms with Gasteiger partial charge in [-0.3, -0.25) is 4.79 Å². The van der Waals surface area contributed by atoms with Gasteiger partial charge in [-0.25, -0.2) is 9.59 Å². The molecule has 2 aromatic carbocycles. The van der Waals surface area contributed by atoms with E-state index in [-0.39, 0.29) is 16.6 Å². The number of pyridine rings is 1. The monoisotopic (exact) mass is 483 g/mol. The van der Waals surface area contributed by atoms with E-state index >= 15 is 0 Å². The zero-order chi connectivity index (χ0) is 20.4. The Morgan fingerprint density at radius 2 is 1.82 bits per heavy atom. The standard InChI is InChI=1S/C18H12BrCl2N3O4/c19-9-1-3-10(4-2-9)23-18(28)22-7-12-14(21)13(20)6-8-5-11(17(26)27)16(25)24-15(8)12/h1-6H,7H2,(H,24,25)(H,26,27)(H2,22,23,28). The van der Waals surface area contributed by atoms with E-state index < -0.39 is 23.1 Å². The fourth-order valence-electron chi connectivity index (χ4n) is 2.57. The Labute approximate surface area is 176 Å². The average Bonchev–Trinajstić information content (AvgIpc) is 2.64. The van der Waals surface area contributed by atoms with Crippen LogP contribution in [-0.2, 0) is 6.54 Å². The molecule has 0 unspecified atom stereocenters. The fraction of sp³-hybridized carbons (Fsp3) is 0.0556. The summed E-state index contributed by atoms with van der Waals surface area (Å²) >= 11 is 15.7. The van der Waals surface area contributed by atoms with Crippen molar-refractivity contribution < 1.29 is 14.7 Å². The summed E-state index contributed by atoms with van der Waals surface area (Å²) in [5.74, 6) is -1.36. The van der Waals surface area contributed by atoms with Gasteiger partial charge in [0, 0.05) is 27.7 Å². The lowest BCUT2D eigenvalue weighted by Crippen LogP contribution is -2.28. The Morgan fingerprint density at radius 1 is 1.14 bits per heavy atom. The summed E-state index contributed by atoms with van der Waals surface area (Å²) in [5, 5.41) is 15.1. The molecular weight excluding hydrogens is 473 g/mol. The lowest BCUT2D eigenvalue weighted by atomic mass is 10.1. The Bertz CT molecular complexity index is 1150. The maximum Gasteiger partial charge on any atom is 0.341 e. The number of nitrogens with one attached hydrogen (secondary N) is 3. The van der Waals surface area contributed by atoms with E-state index in [1.165, 1.54) is 12.1 Å². The minimum atomic E-state index is -1.36. The zero-order valence-corrected chi connectivity index (χ0v) is 17.1. The van der Waals surface area contributed by atoms with Crippen molar-refractivity contribution in [2.45, 2.75) is 6.54 Å². The number of benzene rings is 2. The van der Waals surface area contributed by atoms with Gasteiger partial charge in [0.2, 0.25) is 0 Å². The van der Waals surface area contributed by atoms with Gasteiger partial charge in [0.25, 0.3) is 5.56 Å². The molecule has 0 spiro atoms. The first-order valence-corrected chi connectivity index (χ1v) is 9.39. The van der Waals surface area contributed by atoms with E-state index in [4.69, 9.17) is 28.3 Å². The third kappa shape index (κ3) is 4.30. The first-order chi connectivity index (χ1) is 13.3. The SMILES string of the molecule is O=C(NCc1c(Cl)c(Cl)cc2cc(C(=O)O)c(=O)[nH]c12)Nc1ccc(Br)cc1. The molecule has 7 nitrogen and oxygen atoms in total. The van der Waals surface area contributed by atoms with E-state index in [1.807, 2.05) is 0 Å². The number of amides is 2. The summed E-state index contributed by atoms with van der Waals surface area (Å²) in [6, 6.07) is 9.17. The van der Waals surface area contributed by atoms with E-state index in [1.54, 1.807) is 24.3 Å². The first kappa shape index (κ1) is 20.2. The number of hydrogen-bond acceptors (Lipinski definition) is 3. The normalized spacial score (nSPS) is 10.7. The van der Waals surface area contributed by atoms with Gasteiger partial charge in [0.15, 0.2) is 0 Å². The molecule has 0 saturated heterocycles. The van der Waals surface area contributed by atoms with Gasteiger partial charge in [-0.15, -0.1) is 0 Å². The number of urea groups is 1. The van der Waals surface area contributed by atoms with Gasteiger partial charge >= 0.3 is 12.0 Å². The smallest absolute Gasteiger partial charge is 0.341 e. The molecule has 3 rings (SSSR count). The number of carbonyl (C=O) groups is 2. The van der Waals surface area contributed by atoms with Gasteiger partial charge < -0.3 is 20.7 Å². The third-order valence-electron chi connectivity index (χ3n) is 3.89. The fourth-order valence-corrected chi connectivity index (χ4v) is 3.28. The number of fused-ring (bicyclic) bond motifs is 1. The molecule has 0 aliphatic rings. The van der Waals surface area contributed by atoms with Crippen molar-refractivity contribution in [1.82, 2.24) is 10.3 Å². The van der Waals surface area contributed by atoms with Crippen molar-refractivity contribution in [3.8, 4) is 0 Å². The molecule has 10 heteroatoms. The summed E-state index contributed by atoms with van der Waals surface area (Å²) in [4.78, 5) is 37.8. The van der Waals surface area contributed by atoms with Crippen LogP contribution < -0.4 is 16.2 Å². The van der Waals surface area contributed by atoms with Crippen molar-refractivity contribution in [3.63, 3.8) is 0 Å². The topological polar surface area (TPSA) is 111 Å². The highest BCUT2D eigenvalue weighted by atomic mass is 79.9. The summed E-state index contributed by atoms with van der Waals surface area (Å²) < 4.78 is 0.875. The maximum atomic E-state index is 12.2. The van der Waals surface area contributed by atoms with Crippen LogP contribution >= 0.6 is 39.1 Å². The van der Waals surface area contributed by atoms with Gasteiger partial charge in [0.05, 0.1) is 15.6 Å². The third-order valence-corrected chi connectivity index (χ3v) is 5.24. The van der Waals surface area contributed by atoms with Crippen LogP contribution in [0.25, 0.3) is 10.9 Å². The molecular formula is C18H12BrCl2N3O4. The molecule has 4 N–H and O–H groups in total. The second kappa shape index (κ2) is 8.22. The number of aromatic amines is 1. The number of carboxylic acid groups (broad SMARTS) is 1. The highest BCUT2D eigenvalue weighted by molar-refractivity contribution is 9.10. The largest absolute Gasteiger partial charge is 0.477 e. The summed E-state index contributed by atoms with van der Waals surface area (Å²) in [6.07, 6.45) is 0. The van der Waals surface area contributed by atoms with Gasteiger partial charge in [-0.1, -0.05) is 39.1 Å². The van der Waals surface area contributed by atoms with Gasteiger partial charge in [-0.05, 0) is 36.4 Å². The molecule has 28 heavy (non-hydrogen) atoms.